The van der Waals surface area contributed by atoms with Crippen LogP contribution in [-0.4, -0.2) is 54.4 Å². The van der Waals surface area contributed by atoms with Gasteiger partial charge in [-0.1, -0.05) is 6.07 Å². The first-order chi connectivity index (χ1) is 17.6. The lowest BCUT2D eigenvalue weighted by Crippen LogP contribution is -2.57. The van der Waals surface area contributed by atoms with Crippen LogP contribution in [0.1, 0.15) is 38.1 Å². The number of benzene rings is 1. The summed E-state index contributed by atoms with van der Waals surface area (Å²) in [6, 6.07) is 8.32. The van der Waals surface area contributed by atoms with Gasteiger partial charge in [-0.3, -0.25) is 19.4 Å². The molecule has 1 fully saturated rings. The van der Waals surface area contributed by atoms with E-state index < -0.39 is 6.08 Å². The number of allylic oxidation sites excluding steroid dienone is 1. The summed E-state index contributed by atoms with van der Waals surface area (Å²) in [5, 5.41) is 4.57. The topological polar surface area (TPSA) is 72.1 Å². The van der Waals surface area contributed by atoms with E-state index in [2.05, 4.69) is 57.8 Å². The van der Waals surface area contributed by atoms with Gasteiger partial charge in [-0.15, -0.1) is 0 Å². The number of hydrogen-bond acceptors (Lipinski definition) is 6. The van der Waals surface area contributed by atoms with Crippen molar-refractivity contribution in [3.05, 3.63) is 70.4 Å². The molecule has 0 spiro atoms. The normalized spacial score (nSPS) is 19.5. The number of pyridine rings is 1. The number of piperazine rings is 1. The highest BCUT2D eigenvalue weighted by Gasteiger charge is 2.34. The molecule has 4 aromatic rings. The van der Waals surface area contributed by atoms with Gasteiger partial charge in [-0.2, -0.15) is 13.9 Å². The van der Waals surface area contributed by atoms with Crippen molar-refractivity contribution in [3.63, 3.8) is 0 Å². The van der Waals surface area contributed by atoms with Gasteiger partial charge in [-0.05, 0) is 45.4 Å². The third kappa shape index (κ3) is 4.73. The fourth-order valence-electron chi connectivity index (χ4n) is 5.32. The molecule has 0 amide bonds. The standard InChI is InChI=1S/C27H31F2N7O/c1-16-12-30-21-7-6-20(10-22(21)31-16)19(4)35-13-18(3)36(14-17(35)2)23-11-26(37)33(5)24-15-34(32-27(23)24)9-8-25(28)29/h6-8,10-12,15,17-19H,9,13-14H2,1-5H3/t17-,18+,19+/m1/s1. The van der Waals surface area contributed by atoms with E-state index in [1.165, 1.54) is 14.8 Å². The summed E-state index contributed by atoms with van der Waals surface area (Å²) >= 11 is 0. The van der Waals surface area contributed by atoms with Crippen LogP contribution >= 0.6 is 0 Å². The van der Waals surface area contributed by atoms with E-state index in [1.54, 1.807) is 25.5 Å². The van der Waals surface area contributed by atoms with E-state index >= 15 is 0 Å². The van der Waals surface area contributed by atoms with Crippen LogP contribution in [-0.2, 0) is 13.6 Å². The molecule has 10 heteroatoms. The first kappa shape index (κ1) is 25.0. The van der Waals surface area contributed by atoms with Crippen molar-refractivity contribution in [1.29, 1.82) is 0 Å². The molecule has 5 rings (SSSR count). The molecule has 37 heavy (non-hydrogen) atoms. The lowest BCUT2D eigenvalue weighted by atomic mass is 9.99. The molecule has 0 bridgehead atoms. The number of aromatic nitrogens is 5. The monoisotopic (exact) mass is 507 g/mol. The number of fused-ring (bicyclic) bond motifs is 2. The Morgan fingerprint density at radius 1 is 1.16 bits per heavy atom. The maximum absolute atomic E-state index is 12.8. The van der Waals surface area contributed by atoms with E-state index in [-0.39, 0.29) is 30.2 Å². The number of halogens is 2. The largest absolute Gasteiger partial charge is 0.364 e. The maximum atomic E-state index is 12.8. The van der Waals surface area contributed by atoms with Crippen molar-refractivity contribution >= 4 is 27.8 Å². The Balaban J connectivity index is 1.44. The van der Waals surface area contributed by atoms with E-state index in [0.717, 1.165) is 35.0 Å². The second kappa shape index (κ2) is 9.66. The van der Waals surface area contributed by atoms with Crippen LogP contribution in [0.15, 0.2) is 53.6 Å². The summed E-state index contributed by atoms with van der Waals surface area (Å²) < 4.78 is 28.3. The molecule has 1 aliphatic rings. The lowest BCUT2D eigenvalue weighted by molar-refractivity contribution is 0.119. The van der Waals surface area contributed by atoms with Crippen LogP contribution in [0, 0.1) is 6.92 Å². The zero-order valence-corrected chi connectivity index (χ0v) is 21.7. The van der Waals surface area contributed by atoms with Gasteiger partial charge >= 0.3 is 0 Å². The molecule has 1 saturated heterocycles. The molecule has 8 nitrogen and oxygen atoms in total. The molecule has 0 radical (unpaired) electrons. The zero-order valence-electron chi connectivity index (χ0n) is 21.7. The summed E-state index contributed by atoms with van der Waals surface area (Å²) in [5.41, 5.74) is 5.69. The Morgan fingerprint density at radius 2 is 1.95 bits per heavy atom. The second-order valence-corrected chi connectivity index (χ2v) is 9.99. The molecular formula is C27H31F2N7O. The summed E-state index contributed by atoms with van der Waals surface area (Å²) in [5.74, 6) is 0. The number of aryl methyl sites for hydroxylation is 2. The molecule has 0 unspecified atom stereocenters. The number of anilines is 1. The van der Waals surface area contributed by atoms with Crippen LogP contribution in [0.5, 0.6) is 0 Å². The summed E-state index contributed by atoms with van der Waals surface area (Å²) in [7, 11) is 1.67. The highest BCUT2D eigenvalue weighted by molar-refractivity contribution is 5.88. The predicted octanol–water partition coefficient (Wildman–Crippen LogP) is 4.43. The fraction of sp³-hybridized carbons (Fsp3) is 0.407. The summed E-state index contributed by atoms with van der Waals surface area (Å²) in [6.45, 7) is 9.91. The van der Waals surface area contributed by atoms with Gasteiger partial charge in [0.05, 0.1) is 34.5 Å². The van der Waals surface area contributed by atoms with E-state index in [4.69, 9.17) is 0 Å². The van der Waals surface area contributed by atoms with Gasteiger partial charge in [0.1, 0.15) is 5.52 Å². The Labute approximate surface area is 213 Å². The molecular weight excluding hydrogens is 476 g/mol. The second-order valence-electron chi connectivity index (χ2n) is 9.99. The van der Waals surface area contributed by atoms with Gasteiger partial charge < -0.3 is 9.47 Å². The maximum Gasteiger partial charge on any atom is 0.268 e. The molecule has 194 valence electrons. The first-order valence-electron chi connectivity index (χ1n) is 12.5. The van der Waals surface area contributed by atoms with E-state index in [0.29, 0.717) is 17.6 Å². The minimum atomic E-state index is -1.75. The molecule has 4 heterocycles. The van der Waals surface area contributed by atoms with Gasteiger partial charge in [0, 0.05) is 62.8 Å². The highest BCUT2D eigenvalue weighted by atomic mass is 19.3. The van der Waals surface area contributed by atoms with Gasteiger partial charge in [0.15, 0.2) is 0 Å². The average molecular weight is 508 g/mol. The molecule has 0 aliphatic carbocycles. The van der Waals surface area contributed by atoms with Crippen molar-refractivity contribution in [2.24, 2.45) is 7.05 Å². The summed E-state index contributed by atoms with van der Waals surface area (Å²) in [6.07, 6.45) is 2.49. The van der Waals surface area contributed by atoms with Crippen molar-refractivity contribution in [3.8, 4) is 0 Å². The van der Waals surface area contributed by atoms with Crippen molar-refractivity contribution in [1.82, 2.24) is 29.2 Å². The summed E-state index contributed by atoms with van der Waals surface area (Å²) in [4.78, 5) is 26.6. The quantitative estimate of drug-likeness (QED) is 0.398. The average Bonchev–Trinajstić information content (AvgIpc) is 3.30. The third-order valence-corrected chi connectivity index (χ3v) is 7.38. The number of rotatable bonds is 5. The van der Waals surface area contributed by atoms with Crippen LogP contribution in [0.4, 0.5) is 14.5 Å². The van der Waals surface area contributed by atoms with Crippen LogP contribution in [0.25, 0.3) is 22.1 Å². The predicted molar refractivity (Wildman–Crippen MR) is 141 cm³/mol. The number of nitrogens with zero attached hydrogens (tertiary/aromatic N) is 7. The van der Waals surface area contributed by atoms with E-state index in [9.17, 15) is 13.6 Å². The van der Waals surface area contributed by atoms with Gasteiger partial charge in [0.2, 0.25) is 0 Å². The van der Waals surface area contributed by atoms with E-state index in [1.807, 2.05) is 13.0 Å². The fourth-order valence-corrected chi connectivity index (χ4v) is 5.32. The first-order valence-corrected chi connectivity index (χ1v) is 12.5. The Hall–Kier alpha value is -3.66. The highest BCUT2D eigenvalue weighted by Crippen LogP contribution is 2.33. The van der Waals surface area contributed by atoms with Gasteiger partial charge in [-0.25, -0.2) is 4.98 Å². The molecule has 3 atom stereocenters. The minimum absolute atomic E-state index is 0.0580. The molecule has 0 N–H and O–H groups in total. The Morgan fingerprint density at radius 3 is 2.70 bits per heavy atom. The Kier molecular flexibility index (Phi) is 6.53. The van der Waals surface area contributed by atoms with Crippen LogP contribution in [0.2, 0.25) is 0 Å². The zero-order chi connectivity index (χ0) is 26.4. The third-order valence-electron chi connectivity index (χ3n) is 7.38. The SMILES string of the molecule is Cc1cnc2ccc([C@H](C)N3C[C@H](C)N(c4cc(=O)n(C)c5cn(CC=C(F)F)nc45)C[C@H]3C)cc2n1. The molecule has 3 aromatic heterocycles. The van der Waals surface area contributed by atoms with Crippen LogP contribution < -0.4 is 10.5 Å². The minimum Gasteiger partial charge on any atom is -0.364 e. The van der Waals surface area contributed by atoms with Crippen LogP contribution in [0.3, 0.4) is 0 Å². The Bertz CT molecular complexity index is 1560. The van der Waals surface area contributed by atoms with Crippen molar-refractivity contribution < 1.29 is 8.78 Å². The van der Waals surface area contributed by atoms with Crippen molar-refractivity contribution in [2.45, 2.75) is 52.4 Å². The molecule has 1 aromatic carbocycles. The number of hydrogen-bond donors (Lipinski definition) is 0. The lowest BCUT2D eigenvalue weighted by Gasteiger charge is -2.47. The smallest absolute Gasteiger partial charge is 0.268 e. The van der Waals surface area contributed by atoms with Crippen molar-refractivity contribution in [2.75, 3.05) is 18.0 Å². The molecule has 0 saturated carbocycles. The van der Waals surface area contributed by atoms with Gasteiger partial charge in [0.25, 0.3) is 11.6 Å². The molecule has 1 aliphatic heterocycles.